The molecular formula is C26H32N4O4. The highest BCUT2D eigenvalue weighted by molar-refractivity contribution is 5.88. The summed E-state index contributed by atoms with van der Waals surface area (Å²) in [6.45, 7) is 9.00. The molecule has 8 nitrogen and oxygen atoms in total. The Bertz CT molecular complexity index is 1060. The van der Waals surface area contributed by atoms with Crippen molar-refractivity contribution in [2.24, 2.45) is 0 Å². The third-order valence-electron chi connectivity index (χ3n) is 5.61. The van der Waals surface area contributed by atoms with Crippen LogP contribution >= 0.6 is 0 Å². The van der Waals surface area contributed by atoms with Crippen LogP contribution in [0.1, 0.15) is 37.7 Å². The molecule has 2 heterocycles. The van der Waals surface area contributed by atoms with Crippen molar-refractivity contribution < 1.29 is 19.1 Å². The fourth-order valence-electron chi connectivity index (χ4n) is 3.98. The van der Waals surface area contributed by atoms with Crippen LogP contribution in [0.25, 0.3) is 0 Å². The maximum atomic E-state index is 12.9. The number of piperazine rings is 1. The molecule has 1 amide bonds. The number of carbonyl (C=O) groups excluding carboxylic acids is 2. The predicted molar refractivity (Wildman–Crippen MR) is 129 cm³/mol. The van der Waals surface area contributed by atoms with Crippen LogP contribution in [0, 0.1) is 0 Å². The van der Waals surface area contributed by atoms with E-state index in [0.29, 0.717) is 13.1 Å². The van der Waals surface area contributed by atoms with Crippen LogP contribution in [0.4, 0.5) is 4.79 Å². The van der Waals surface area contributed by atoms with Crippen molar-refractivity contribution in [1.82, 2.24) is 19.6 Å². The quantitative estimate of drug-likeness (QED) is 0.627. The van der Waals surface area contributed by atoms with Gasteiger partial charge in [-0.2, -0.15) is 9.78 Å². The summed E-state index contributed by atoms with van der Waals surface area (Å²) >= 11 is 0. The molecule has 0 radical (unpaired) electrons. The molecule has 4 rings (SSSR count). The topological polar surface area (TPSA) is 76.9 Å². The maximum absolute atomic E-state index is 12.9. The van der Waals surface area contributed by atoms with E-state index >= 15 is 0 Å². The van der Waals surface area contributed by atoms with Crippen LogP contribution in [0.5, 0.6) is 5.75 Å². The van der Waals surface area contributed by atoms with Gasteiger partial charge in [0.1, 0.15) is 17.5 Å². The minimum absolute atomic E-state index is 0.0317. The first-order valence-corrected chi connectivity index (χ1v) is 11.7. The van der Waals surface area contributed by atoms with E-state index < -0.39 is 11.6 Å². The standard InChI is InChI=1S/C26H32N4O4/c1-26(2,3)34-24(31)23-12-13-30(27-23)25(32)29-16-14-28(15-17-29)19-20-8-7-11-22(18-20)33-21-9-5-4-6-10-21/h4-13,22H,14-19H2,1-3H3. The van der Waals surface area contributed by atoms with Gasteiger partial charge in [-0.05, 0) is 45.0 Å². The summed E-state index contributed by atoms with van der Waals surface area (Å²) in [4.78, 5) is 29.1. The molecule has 1 saturated heterocycles. The Balaban J connectivity index is 1.25. The van der Waals surface area contributed by atoms with Gasteiger partial charge in [0.2, 0.25) is 0 Å². The third kappa shape index (κ3) is 6.35. The second-order valence-corrected chi connectivity index (χ2v) is 9.58. The van der Waals surface area contributed by atoms with E-state index in [-0.39, 0.29) is 17.8 Å². The van der Waals surface area contributed by atoms with Gasteiger partial charge >= 0.3 is 12.0 Å². The fourth-order valence-corrected chi connectivity index (χ4v) is 3.98. The summed E-state index contributed by atoms with van der Waals surface area (Å²) in [7, 11) is 0. The van der Waals surface area contributed by atoms with Gasteiger partial charge < -0.3 is 14.4 Å². The molecule has 2 aliphatic rings. The van der Waals surface area contributed by atoms with Gasteiger partial charge in [-0.15, -0.1) is 0 Å². The van der Waals surface area contributed by atoms with Crippen LogP contribution in [0.2, 0.25) is 0 Å². The molecule has 1 aromatic heterocycles. The summed E-state index contributed by atoms with van der Waals surface area (Å²) in [6.07, 6.45) is 8.70. The number of aromatic nitrogens is 2. The molecule has 180 valence electrons. The normalized spacial score (nSPS) is 19.0. The van der Waals surface area contributed by atoms with Crippen molar-refractivity contribution in [3.63, 3.8) is 0 Å². The first-order valence-electron chi connectivity index (χ1n) is 11.7. The summed E-state index contributed by atoms with van der Waals surface area (Å²) in [5, 5.41) is 4.13. The van der Waals surface area contributed by atoms with Crippen molar-refractivity contribution >= 4 is 12.0 Å². The summed E-state index contributed by atoms with van der Waals surface area (Å²) in [6, 6.07) is 11.1. The number of ether oxygens (including phenoxy) is 2. The van der Waals surface area contributed by atoms with Gasteiger partial charge in [0.05, 0.1) is 0 Å². The van der Waals surface area contributed by atoms with Gasteiger partial charge in [-0.1, -0.05) is 35.9 Å². The molecule has 1 atom stereocenters. The maximum Gasteiger partial charge on any atom is 0.359 e. The van der Waals surface area contributed by atoms with E-state index in [1.165, 1.54) is 22.5 Å². The molecule has 1 aliphatic carbocycles. The van der Waals surface area contributed by atoms with Crippen molar-refractivity contribution in [3.05, 3.63) is 72.1 Å². The van der Waals surface area contributed by atoms with Gasteiger partial charge in [-0.25, -0.2) is 9.59 Å². The second kappa shape index (κ2) is 10.3. The lowest BCUT2D eigenvalue weighted by Gasteiger charge is -2.35. The highest BCUT2D eigenvalue weighted by Gasteiger charge is 2.26. The van der Waals surface area contributed by atoms with Crippen LogP contribution in [0.15, 0.2) is 66.4 Å². The smallest absolute Gasteiger partial charge is 0.359 e. The molecule has 2 aromatic rings. The zero-order valence-corrected chi connectivity index (χ0v) is 20.0. The SMILES string of the molecule is CC(C)(C)OC(=O)c1ccn(C(=O)N2CCN(CC3=CC=CC(Oc4ccccc4)C3)CC2)n1. The summed E-state index contributed by atoms with van der Waals surface area (Å²) in [5.41, 5.74) is 0.835. The Labute approximate surface area is 200 Å². The van der Waals surface area contributed by atoms with Crippen molar-refractivity contribution in [1.29, 1.82) is 0 Å². The molecule has 0 saturated carbocycles. The molecule has 1 aromatic carbocycles. The number of hydrogen-bond donors (Lipinski definition) is 0. The number of nitrogens with zero attached hydrogens (tertiary/aromatic N) is 4. The third-order valence-corrected chi connectivity index (χ3v) is 5.61. The van der Waals surface area contributed by atoms with E-state index in [1.807, 2.05) is 30.3 Å². The average molecular weight is 465 g/mol. The first-order chi connectivity index (χ1) is 16.3. The Morgan fingerprint density at radius 3 is 2.50 bits per heavy atom. The second-order valence-electron chi connectivity index (χ2n) is 9.58. The highest BCUT2D eigenvalue weighted by atomic mass is 16.6. The van der Waals surface area contributed by atoms with Gasteiger partial charge in [0, 0.05) is 45.3 Å². The minimum atomic E-state index is -0.613. The average Bonchev–Trinajstić information content (AvgIpc) is 3.30. The van der Waals surface area contributed by atoms with Crippen molar-refractivity contribution in [2.45, 2.75) is 38.9 Å². The van der Waals surface area contributed by atoms with E-state index in [1.54, 1.807) is 25.7 Å². The highest BCUT2D eigenvalue weighted by Crippen LogP contribution is 2.21. The molecule has 1 aliphatic heterocycles. The minimum Gasteiger partial charge on any atom is -0.486 e. The van der Waals surface area contributed by atoms with Crippen molar-refractivity contribution in [3.8, 4) is 5.75 Å². The molecule has 8 heteroatoms. The zero-order chi connectivity index (χ0) is 24.1. The predicted octanol–water partition coefficient (Wildman–Crippen LogP) is 3.76. The van der Waals surface area contributed by atoms with E-state index in [9.17, 15) is 9.59 Å². The Morgan fingerprint density at radius 2 is 1.79 bits per heavy atom. The Kier molecular flexibility index (Phi) is 7.17. The lowest BCUT2D eigenvalue weighted by atomic mass is 10.0. The number of hydrogen-bond acceptors (Lipinski definition) is 6. The molecule has 1 fully saturated rings. The van der Waals surface area contributed by atoms with E-state index in [0.717, 1.165) is 31.8 Å². The number of esters is 1. The number of para-hydroxylation sites is 1. The van der Waals surface area contributed by atoms with E-state index in [2.05, 4.69) is 28.2 Å². The molecule has 0 N–H and O–H groups in total. The Hall–Kier alpha value is -3.39. The molecule has 34 heavy (non-hydrogen) atoms. The Morgan fingerprint density at radius 1 is 1.06 bits per heavy atom. The van der Waals surface area contributed by atoms with Crippen LogP contribution in [-0.2, 0) is 4.74 Å². The number of allylic oxidation sites excluding steroid dienone is 2. The summed E-state index contributed by atoms with van der Waals surface area (Å²) < 4.78 is 12.6. The van der Waals surface area contributed by atoms with Gasteiger partial charge in [0.25, 0.3) is 0 Å². The number of amides is 1. The lowest BCUT2D eigenvalue weighted by molar-refractivity contribution is 0.00623. The number of benzene rings is 1. The lowest BCUT2D eigenvalue weighted by Crippen LogP contribution is -2.50. The zero-order valence-electron chi connectivity index (χ0n) is 20.0. The fraction of sp³-hybridized carbons (Fsp3) is 0.423. The van der Waals surface area contributed by atoms with E-state index in [4.69, 9.17) is 9.47 Å². The number of rotatable bonds is 5. The molecular weight excluding hydrogens is 432 g/mol. The number of carbonyl (C=O) groups is 2. The van der Waals surface area contributed by atoms with Gasteiger partial charge in [0.15, 0.2) is 5.69 Å². The first kappa shape index (κ1) is 23.8. The van der Waals surface area contributed by atoms with Crippen LogP contribution in [0.3, 0.4) is 0 Å². The molecule has 0 bridgehead atoms. The van der Waals surface area contributed by atoms with Gasteiger partial charge in [-0.3, -0.25) is 4.90 Å². The molecule has 0 spiro atoms. The largest absolute Gasteiger partial charge is 0.486 e. The van der Waals surface area contributed by atoms with Crippen LogP contribution in [-0.4, -0.2) is 76.0 Å². The van der Waals surface area contributed by atoms with Crippen molar-refractivity contribution in [2.75, 3.05) is 32.7 Å². The molecule has 1 unspecified atom stereocenters. The summed E-state index contributed by atoms with van der Waals surface area (Å²) in [5.74, 6) is 0.340. The van der Waals surface area contributed by atoms with Crippen LogP contribution < -0.4 is 4.74 Å². The monoisotopic (exact) mass is 464 g/mol.